The van der Waals surface area contributed by atoms with Crippen LogP contribution < -0.4 is 19.5 Å². The van der Waals surface area contributed by atoms with Crippen LogP contribution in [0.4, 0.5) is 10.1 Å². The van der Waals surface area contributed by atoms with E-state index >= 15 is 0 Å². The molecule has 3 rings (SSSR count). The number of amides is 1. The topological polar surface area (TPSA) is 93.7 Å². The minimum absolute atomic E-state index is 0.0231. The van der Waals surface area contributed by atoms with Gasteiger partial charge in [-0.05, 0) is 60.2 Å². The maximum atomic E-state index is 13.0. The summed E-state index contributed by atoms with van der Waals surface area (Å²) in [6.45, 7) is 0.0158. The van der Waals surface area contributed by atoms with Crippen LogP contribution in [0.1, 0.15) is 5.56 Å². The van der Waals surface area contributed by atoms with Crippen LogP contribution in [0, 0.1) is 5.82 Å². The molecule has 0 saturated heterocycles. The van der Waals surface area contributed by atoms with Crippen molar-refractivity contribution in [2.24, 2.45) is 0 Å². The summed E-state index contributed by atoms with van der Waals surface area (Å²) in [6, 6.07) is 16.0. The first-order valence-corrected chi connectivity index (χ1v) is 11.2. The maximum Gasteiger partial charge on any atom is 0.261 e. The van der Waals surface area contributed by atoms with Gasteiger partial charge < -0.3 is 14.8 Å². The number of ether oxygens (including phenoxy) is 2. The highest BCUT2D eigenvalue weighted by Crippen LogP contribution is 2.28. The number of hydrogen-bond donors (Lipinski definition) is 2. The molecule has 0 saturated carbocycles. The number of carbonyl (C=O) groups excluding carboxylic acids is 1. The van der Waals surface area contributed by atoms with Gasteiger partial charge in [0.2, 0.25) is 0 Å². The lowest BCUT2D eigenvalue weighted by Gasteiger charge is -2.12. The van der Waals surface area contributed by atoms with E-state index < -0.39 is 15.8 Å². The van der Waals surface area contributed by atoms with Gasteiger partial charge in [0.25, 0.3) is 15.9 Å². The summed E-state index contributed by atoms with van der Waals surface area (Å²) in [5.41, 5.74) is 1.09. The van der Waals surface area contributed by atoms with Gasteiger partial charge in [0.05, 0.1) is 17.0 Å². The van der Waals surface area contributed by atoms with Crippen LogP contribution in [0.15, 0.2) is 71.6 Å². The van der Waals surface area contributed by atoms with Gasteiger partial charge in [-0.15, -0.1) is 0 Å². The molecule has 0 atom stereocenters. The number of rotatable bonds is 9. The molecule has 32 heavy (non-hydrogen) atoms. The standard InChI is InChI=1S/C22H20ClFN2O5S/c1-30-18-8-2-15(3-9-18)13-25-22(27)14-31-21-11-10-19(12-20(21)23)32(28,29)26-17-6-4-16(24)5-7-17/h2-12,26H,13-14H2,1H3,(H,25,27). The van der Waals surface area contributed by atoms with E-state index in [1.165, 1.54) is 30.3 Å². The third kappa shape index (κ3) is 6.35. The fourth-order valence-corrected chi connectivity index (χ4v) is 4.02. The highest BCUT2D eigenvalue weighted by atomic mass is 35.5. The molecule has 0 aliphatic rings. The maximum absolute atomic E-state index is 13.0. The van der Waals surface area contributed by atoms with Crippen LogP contribution in [-0.2, 0) is 21.4 Å². The van der Waals surface area contributed by atoms with Crippen LogP contribution in [0.3, 0.4) is 0 Å². The molecular weight excluding hydrogens is 459 g/mol. The van der Waals surface area contributed by atoms with Crippen molar-refractivity contribution in [3.05, 3.63) is 83.1 Å². The van der Waals surface area contributed by atoms with Gasteiger partial charge in [-0.1, -0.05) is 23.7 Å². The summed E-state index contributed by atoms with van der Waals surface area (Å²) in [5, 5.41) is 2.74. The Morgan fingerprint density at radius 2 is 1.72 bits per heavy atom. The van der Waals surface area contributed by atoms with Gasteiger partial charge in [0.15, 0.2) is 6.61 Å². The van der Waals surface area contributed by atoms with Crippen molar-refractivity contribution < 1.29 is 27.1 Å². The zero-order valence-electron chi connectivity index (χ0n) is 17.0. The lowest BCUT2D eigenvalue weighted by Crippen LogP contribution is -2.28. The third-order valence-corrected chi connectivity index (χ3v) is 5.99. The number of sulfonamides is 1. The van der Waals surface area contributed by atoms with Gasteiger partial charge in [-0.2, -0.15) is 0 Å². The Balaban J connectivity index is 1.56. The predicted molar refractivity (Wildman–Crippen MR) is 119 cm³/mol. The minimum atomic E-state index is -3.94. The van der Waals surface area contributed by atoms with Crippen molar-refractivity contribution in [3.8, 4) is 11.5 Å². The molecule has 7 nitrogen and oxygen atoms in total. The molecule has 0 aromatic heterocycles. The SMILES string of the molecule is COc1ccc(CNC(=O)COc2ccc(S(=O)(=O)Nc3ccc(F)cc3)cc2Cl)cc1. The van der Waals surface area contributed by atoms with Crippen molar-refractivity contribution >= 4 is 33.2 Å². The van der Waals surface area contributed by atoms with Crippen molar-refractivity contribution in [1.29, 1.82) is 0 Å². The molecular formula is C22H20ClFN2O5S. The summed E-state index contributed by atoms with van der Waals surface area (Å²) >= 11 is 6.13. The van der Waals surface area contributed by atoms with Crippen LogP contribution >= 0.6 is 11.6 Å². The first-order chi connectivity index (χ1) is 15.3. The Morgan fingerprint density at radius 1 is 1.03 bits per heavy atom. The van der Waals surface area contributed by atoms with E-state index in [2.05, 4.69) is 10.0 Å². The van der Waals surface area contributed by atoms with Gasteiger partial charge in [0, 0.05) is 12.2 Å². The average Bonchev–Trinajstić information content (AvgIpc) is 2.78. The number of benzene rings is 3. The van der Waals surface area contributed by atoms with Gasteiger partial charge >= 0.3 is 0 Å². The number of nitrogens with one attached hydrogen (secondary N) is 2. The normalized spacial score (nSPS) is 11.0. The summed E-state index contributed by atoms with van der Waals surface area (Å²) in [6.07, 6.45) is 0. The quantitative estimate of drug-likeness (QED) is 0.485. The number of methoxy groups -OCH3 is 1. The number of hydrogen-bond acceptors (Lipinski definition) is 5. The van der Waals surface area contributed by atoms with Crippen molar-refractivity contribution in [2.75, 3.05) is 18.4 Å². The average molecular weight is 479 g/mol. The smallest absolute Gasteiger partial charge is 0.261 e. The fraction of sp³-hybridized carbons (Fsp3) is 0.136. The van der Waals surface area contributed by atoms with Crippen LogP contribution in [0.25, 0.3) is 0 Å². The van der Waals surface area contributed by atoms with E-state index in [9.17, 15) is 17.6 Å². The molecule has 0 aliphatic carbocycles. The van der Waals surface area contributed by atoms with Gasteiger partial charge in [0.1, 0.15) is 17.3 Å². The summed E-state index contributed by atoms with van der Waals surface area (Å²) in [7, 11) is -2.37. The number of halogens is 2. The van der Waals surface area contributed by atoms with E-state index in [1.807, 2.05) is 12.1 Å². The van der Waals surface area contributed by atoms with E-state index in [-0.39, 0.29) is 33.9 Å². The Hall–Kier alpha value is -3.30. The minimum Gasteiger partial charge on any atom is -0.497 e. The van der Waals surface area contributed by atoms with Gasteiger partial charge in [-0.3, -0.25) is 9.52 Å². The second-order valence-electron chi connectivity index (χ2n) is 6.62. The molecule has 1 amide bonds. The Morgan fingerprint density at radius 3 is 2.34 bits per heavy atom. The summed E-state index contributed by atoms with van der Waals surface area (Å²) in [4.78, 5) is 11.9. The lowest BCUT2D eigenvalue weighted by atomic mass is 10.2. The first kappa shape index (κ1) is 23.4. The van der Waals surface area contributed by atoms with Gasteiger partial charge in [-0.25, -0.2) is 12.8 Å². The molecule has 0 aliphatic heterocycles. The Kier molecular flexibility index (Phi) is 7.55. The molecule has 0 spiro atoms. The first-order valence-electron chi connectivity index (χ1n) is 9.37. The molecule has 0 heterocycles. The molecule has 3 aromatic carbocycles. The highest BCUT2D eigenvalue weighted by Gasteiger charge is 2.17. The van der Waals surface area contributed by atoms with Crippen molar-refractivity contribution in [2.45, 2.75) is 11.4 Å². The lowest BCUT2D eigenvalue weighted by molar-refractivity contribution is -0.123. The molecule has 3 aromatic rings. The van der Waals surface area contributed by atoms with E-state index in [4.69, 9.17) is 21.1 Å². The molecule has 0 bridgehead atoms. The summed E-state index contributed by atoms with van der Waals surface area (Å²) in [5.74, 6) is 0.0282. The molecule has 2 N–H and O–H groups in total. The Labute approximate surface area is 190 Å². The molecule has 0 radical (unpaired) electrons. The molecule has 168 valence electrons. The van der Waals surface area contributed by atoms with Crippen LogP contribution in [0.2, 0.25) is 5.02 Å². The number of anilines is 1. The van der Waals surface area contributed by atoms with E-state index in [1.54, 1.807) is 19.2 Å². The summed E-state index contributed by atoms with van der Waals surface area (Å²) < 4.78 is 50.8. The zero-order valence-corrected chi connectivity index (χ0v) is 18.5. The predicted octanol–water partition coefficient (Wildman–Crippen LogP) is 3.98. The largest absolute Gasteiger partial charge is 0.497 e. The van der Waals surface area contributed by atoms with Crippen molar-refractivity contribution in [3.63, 3.8) is 0 Å². The van der Waals surface area contributed by atoms with Crippen molar-refractivity contribution in [1.82, 2.24) is 5.32 Å². The molecule has 0 fully saturated rings. The highest BCUT2D eigenvalue weighted by molar-refractivity contribution is 7.92. The van der Waals surface area contributed by atoms with Crippen LogP contribution in [0.5, 0.6) is 11.5 Å². The second kappa shape index (κ2) is 10.3. The second-order valence-corrected chi connectivity index (χ2v) is 8.71. The fourth-order valence-electron chi connectivity index (χ4n) is 2.64. The van der Waals surface area contributed by atoms with E-state index in [0.717, 1.165) is 23.4 Å². The third-order valence-electron chi connectivity index (χ3n) is 4.32. The van der Waals surface area contributed by atoms with E-state index in [0.29, 0.717) is 6.54 Å². The zero-order chi connectivity index (χ0) is 23.1. The Bertz CT molecular complexity index is 1190. The molecule has 0 unspecified atom stereocenters. The molecule has 10 heteroatoms. The number of carbonyl (C=O) groups is 1. The van der Waals surface area contributed by atoms with Crippen LogP contribution in [-0.4, -0.2) is 28.0 Å². The monoisotopic (exact) mass is 478 g/mol.